The molecule has 1 aliphatic carbocycles. The van der Waals surface area contributed by atoms with Crippen LogP contribution in [-0.4, -0.2) is 58.6 Å². The van der Waals surface area contributed by atoms with Gasteiger partial charge in [-0.15, -0.1) is 0 Å². The molecule has 0 radical (unpaired) electrons. The van der Waals surface area contributed by atoms with Gasteiger partial charge in [-0.25, -0.2) is 0 Å². The third-order valence-electron chi connectivity index (χ3n) is 5.61. The maximum absolute atomic E-state index is 12.8. The van der Waals surface area contributed by atoms with Crippen LogP contribution < -0.4 is 5.73 Å². The van der Waals surface area contributed by atoms with Crippen LogP contribution in [0.3, 0.4) is 0 Å². The van der Waals surface area contributed by atoms with Crippen LogP contribution in [0.15, 0.2) is 4.52 Å². The molecule has 0 spiro atoms. The van der Waals surface area contributed by atoms with Gasteiger partial charge in [0.25, 0.3) is 0 Å². The largest absolute Gasteiger partial charge is 0.340 e. The molecule has 1 amide bonds. The molecule has 1 aliphatic heterocycles. The summed E-state index contributed by atoms with van der Waals surface area (Å²) < 4.78 is 5.36. The molecule has 2 aliphatic rings. The van der Waals surface area contributed by atoms with Crippen molar-refractivity contribution in [2.75, 3.05) is 32.7 Å². The highest BCUT2D eigenvalue weighted by molar-refractivity contribution is 5.79. The molecular formula is C17H29N5O2. The Morgan fingerprint density at radius 2 is 2.08 bits per heavy atom. The van der Waals surface area contributed by atoms with Gasteiger partial charge in [0.15, 0.2) is 5.82 Å². The number of hydrogen-bond acceptors (Lipinski definition) is 6. The summed E-state index contributed by atoms with van der Waals surface area (Å²) in [5, 5.41) is 3.97. The van der Waals surface area contributed by atoms with Crippen LogP contribution in [0.25, 0.3) is 0 Å². The molecule has 7 nitrogen and oxygen atoms in total. The summed E-state index contributed by atoms with van der Waals surface area (Å²) in [6.45, 7) is 7.96. The van der Waals surface area contributed by atoms with Crippen LogP contribution in [0.4, 0.5) is 0 Å². The molecular weight excluding hydrogens is 306 g/mol. The highest BCUT2D eigenvalue weighted by atomic mass is 16.5. The first kappa shape index (κ1) is 17.4. The lowest BCUT2D eigenvalue weighted by Gasteiger charge is -2.38. The summed E-state index contributed by atoms with van der Waals surface area (Å²) in [4.78, 5) is 21.5. The van der Waals surface area contributed by atoms with Gasteiger partial charge in [-0.3, -0.25) is 9.69 Å². The summed E-state index contributed by atoms with van der Waals surface area (Å²) in [5.41, 5.74) is 5.83. The molecule has 2 heterocycles. The van der Waals surface area contributed by atoms with Crippen LogP contribution in [0, 0.1) is 11.8 Å². The molecule has 3 atom stereocenters. The van der Waals surface area contributed by atoms with E-state index in [0.29, 0.717) is 24.3 Å². The topological polar surface area (TPSA) is 88.5 Å². The van der Waals surface area contributed by atoms with Crippen LogP contribution in [0.5, 0.6) is 0 Å². The molecule has 1 saturated carbocycles. The van der Waals surface area contributed by atoms with E-state index in [1.807, 2.05) is 11.8 Å². The number of amides is 1. The fourth-order valence-electron chi connectivity index (χ4n) is 3.95. The molecule has 1 unspecified atom stereocenters. The second kappa shape index (κ2) is 7.61. The molecule has 0 aromatic carbocycles. The third kappa shape index (κ3) is 3.47. The molecule has 24 heavy (non-hydrogen) atoms. The lowest BCUT2D eigenvalue weighted by molar-refractivity contribution is -0.138. The van der Waals surface area contributed by atoms with Gasteiger partial charge in [0, 0.05) is 38.5 Å². The SMILES string of the molecule is CCc1noc(C(C)N2CCN(C(=O)[C@@H]3CCC[C@@H]3CN)CC2)n1. The predicted molar refractivity (Wildman–Crippen MR) is 90.1 cm³/mol. The van der Waals surface area contributed by atoms with E-state index in [9.17, 15) is 4.79 Å². The number of rotatable bonds is 5. The molecule has 2 N–H and O–H groups in total. The van der Waals surface area contributed by atoms with Gasteiger partial charge < -0.3 is 15.2 Å². The molecule has 1 aromatic rings. The van der Waals surface area contributed by atoms with E-state index in [-0.39, 0.29) is 12.0 Å². The maximum atomic E-state index is 12.8. The molecule has 1 aromatic heterocycles. The van der Waals surface area contributed by atoms with Crippen molar-refractivity contribution in [3.05, 3.63) is 11.7 Å². The minimum Gasteiger partial charge on any atom is -0.340 e. The van der Waals surface area contributed by atoms with Gasteiger partial charge in [-0.05, 0) is 32.2 Å². The third-order valence-corrected chi connectivity index (χ3v) is 5.61. The summed E-state index contributed by atoms with van der Waals surface area (Å²) in [6.07, 6.45) is 4.01. The summed E-state index contributed by atoms with van der Waals surface area (Å²) in [6, 6.07) is 0.0957. The Hall–Kier alpha value is -1.47. The lowest BCUT2D eigenvalue weighted by Crippen LogP contribution is -2.51. The monoisotopic (exact) mass is 335 g/mol. The van der Waals surface area contributed by atoms with E-state index in [1.54, 1.807) is 0 Å². The van der Waals surface area contributed by atoms with Gasteiger partial charge in [-0.1, -0.05) is 18.5 Å². The summed E-state index contributed by atoms with van der Waals surface area (Å²) in [5.74, 6) is 2.24. The Kier molecular flexibility index (Phi) is 5.50. The van der Waals surface area contributed by atoms with Crippen molar-refractivity contribution < 1.29 is 9.32 Å². The van der Waals surface area contributed by atoms with Crippen molar-refractivity contribution in [2.45, 2.75) is 45.6 Å². The van der Waals surface area contributed by atoms with Crippen molar-refractivity contribution >= 4 is 5.91 Å². The number of piperazine rings is 1. The number of aromatic nitrogens is 2. The van der Waals surface area contributed by atoms with Crippen LogP contribution >= 0.6 is 0 Å². The van der Waals surface area contributed by atoms with Gasteiger partial charge >= 0.3 is 0 Å². The van der Waals surface area contributed by atoms with Crippen molar-refractivity contribution in [1.29, 1.82) is 0 Å². The lowest BCUT2D eigenvalue weighted by atomic mass is 9.94. The molecule has 3 rings (SSSR count). The Labute approximate surface area is 143 Å². The maximum Gasteiger partial charge on any atom is 0.243 e. The highest BCUT2D eigenvalue weighted by Crippen LogP contribution is 2.33. The normalized spacial score (nSPS) is 26.7. The highest BCUT2D eigenvalue weighted by Gasteiger charge is 2.36. The fourth-order valence-corrected chi connectivity index (χ4v) is 3.95. The van der Waals surface area contributed by atoms with Crippen molar-refractivity contribution in [3.8, 4) is 0 Å². The van der Waals surface area contributed by atoms with E-state index >= 15 is 0 Å². The number of aryl methyl sites for hydroxylation is 1. The predicted octanol–water partition coefficient (Wildman–Crippen LogP) is 1.21. The minimum atomic E-state index is 0.0957. The first-order valence-electron chi connectivity index (χ1n) is 9.19. The Balaban J connectivity index is 1.54. The smallest absolute Gasteiger partial charge is 0.243 e. The summed E-state index contributed by atoms with van der Waals surface area (Å²) in [7, 11) is 0. The number of carbonyl (C=O) groups excluding carboxylic acids is 1. The van der Waals surface area contributed by atoms with E-state index in [0.717, 1.165) is 57.7 Å². The van der Waals surface area contributed by atoms with Crippen molar-refractivity contribution in [1.82, 2.24) is 19.9 Å². The number of nitrogens with two attached hydrogens (primary N) is 1. The van der Waals surface area contributed by atoms with Gasteiger partial charge in [0.1, 0.15) is 0 Å². The van der Waals surface area contributed by atoms with Crippen LogP contribution in [0.2, 0.25) is 0 Å². The molecule has 134 valence electrons. The summed E-state index contributed by atoms with van der Waals surface area (Å²) >= 11 is 0. The van der Waals surface area contributed by atoms with Crippen LogP contribution in [0.1, 0.15) is 50.9 Å². The van der Waals surface area contributed by atoms with E-state index in [4.69, 9.17) is 10.3 Å². The van der Waals surface area contributed by atoms with Gasteiger partial charge in [0.05, 0.1) is 6.04 Å². The molecule has 7 heteroatoms. The Morgan fingerprint density at radius 3 is 2.71 bits per heavy atom. The minimum absolute atomic E-state index is 0.0957. The second-order valence-electron chi connectivity index (χ2n) is 6.97. The Bertz CT molecular complexity index is 553. The zero-order valence-corrected chi connectivity index (χ0v) is 14.8. The van der Waals surface area contributed by atoms with Crippen molar-refractivity contribution in [2.24, 2.45) is 17.6 Å². The average molecular weight is 335 g/mol. The number of hydrogen-bond donors (Lipinski definition) is 1. The zero-order chi connectivity index (χ0) is 17.1. The molecule has 2 fully saturated rings. The fraction of sp³-hybridized carbons (Fsp3) is 0.824. The first-order chi connectivity index (χ1) is 11.6. The number of carbonyl (C=O) groups is 1. The van der Waals surface area contributed by atoms with E-state index in [2.05, 4.69) is 22.0 Å². The first-order valence-corrected chi connectivity index (χ1v) is 9.19. The zero-order valence-electron chi connectivity index (χ0n) is 14.8. The standard InChI is InChI=1S/C17H29N5O2/c1-3-15-19-16(24-20-15)12(2)21-7-9-22(10-8-21)17(23)14-6-4-5-13(14)11-18/h12-14H,3-11,18H2,1-2H3/t12?,13-,14-/m1/s1. The number of nitrogens with zero attached hydrogens (tertiary/aromatic N) is 4. The van der Waals surface area contributed by atoms with Gasteiger partial charge in [0.2, 0.25) is 11.8 Å². The Morgan fingerprint density at radius 1 is 1.33 bits per heavy atom. The second-order valence-corrected chi connectivity index (χ2v) is 6.97. The molecule has 0 bridgehead atoms. The van der Waals surface area contributed by atoms with Crippen molar-refractivity contribution in [3.63, 3.8) is 0 Å². The van der Waals surface area contributed by atoms with Crippen LogP contribution in [-0.2, 0) is 11.2 Å². The molecule has 1 saturated heterocycles. The van der Waals surface area contributed by atoms with E-state index < -0.39 is 0 Å². The van der Waals surface area contributed by atoms with Gasteiger partial charge in [-0.2, -0.15) is 4.98 Å². The van der Waals surface area contributed by atoms with E-state index in [1.165, 1.54) is 0 Å². The quantitative estimate of drug-likeness (QED) is 0.870. The average Bonchev–Trinajstić information content (AvgIpc) is 3.29.